The summed E-state index contributed by atoms with van der Waals surface area (Å²) in [5.74, 6) is -3.90. The highest BCUT2D eigenvalue weighted by Crippen LogP contribution is 2.33. The highest BCUT2D eigenvalue weighted by Gasteiger charge is 2.30. The third kappa shape index (κ3) is 4.93. The molecule has 3 aromatic rings. The average molecular weight is 494 g/mol. The van der Waals surface area contributed by atoms with E-state index in [-0.39, 0.29) is 16.3 Å². The number of hydrogen-bond acceptors (Lipinski definition) is 7. The van der Waals surface area contributed by atoms with Gasteiger partial charge < -0.3 is 10.6 Å². The largest absolute Gasteiger partial charge is 0.339 e. The minimum absolute atomic E-state index is 0.0262. The quantitative estimate of drug-likeness (QED) is 0.151. The van der Waals surface area contributed by atoms with Crippen LogP contribution in [0.2, 0.25) is 0 Å². The van der Waals surface area contributed by atoms with Crippen LogP contribution in [0.3, 0.4) is 0 Å². The molecule has 0 atom stereocenters. The van der Waals surface area contributed by atoms with Crippen LogP contribution in [-0.4, -0.2) is 26.5 Å². The van der Waals surface area contributed by atoms with Crippen molar-refractivity contribution in [2.75, 3.05) is 17.2 Å². The number of hydrogen-bond donors (Lipinski definition) is 3. The molecular formula is C24H16F2N4O4S. The number of halogens is 2. The molecule has 11 heteroatoms. The van der Waals surface area contributed by atoms with Crippen molar-refractivity contribution in [2.45, 2.75) is 4.90 Å². The number of benzene rings is 3. The third-order valence-electron chi connectivity index (χ3n) is 5.02. The number of sulfonamides is 1. The van der Waals surface area contributed by atoms with Crippen LogP contribution in [-0.2, 0) is 10.0 Å². The van der Waals surface area contributed by atoms with Gasteiger partial charge in [-0.15, -0.1) is 0 Å². The Morgan fingerprint density at radius 3 is 2.06 bits per heavy atom. The van der Waals surface area contributed by atoms with E-state index in [0.717, 1.165) is 18.2 Å². The predicted octanol–water partition coefficient (Wildman–Crippen LogP) is 3.58. The van der Waals surface area contributed by atoms with E-state index < -0.39 is 50.9 Å². The van der Waals surface area contributed by atoms with Crippen molar-refractivity contribution in [3.8, 4) is 6.07 Å². The lowest BCUT2D eigenvalue weighted by Crippen LogP contribution is -2.25. The van der Waals surface area contributed by atoms with Gasteiger partial charge in [-0.1, -0.05) is 24.3 Å². The molecule has 0 saturated heterocycles. The van der Waals surface area contributed by atoms with Crippen molar-refractivity contribution in [3.05, 3.63) is 101 Å². The first-order valence-electron chi connectivity index (χ1n) is 10.1. The number of fused-ring (bicyclic) bond motifs is 1. The molecule has 35 heavy (non-hydrogen) atoms. The zero-order valence-corrected chi connectivity index (χ0v) is 18.6. The molecule has 176 valence electrons. The SMILES string of the molecule is N#CCNS(=O)(=O)c1cccc(C(=O)C(C(=O)c2cc(F)cc(F)c2)=C2Nc3ccccc3N2)c1. The van der Waals surface area contributed by atoms with Crippen LogP contribution in [0.5, 0.6) is 0 Å². The Hall–Kier alpha value is -4.40. The number of allylic oxidation sites excluding steroid dienone is 1. The van der Waals surface area contributed by atoms with Crippen LogP contribution in [0.1, 0.15) is 20.7 Å². The Morgan fingerprint density at radius 2 is 1.46 bits per heavy atom. The number of nitrogens with zero attached hydrogens (tertiary/aromatic N) is 1. The number of rotatable bonds is 7. The molecule has 1 aliphatic heterocycles. The fourth-order valence-electron chi connectivity index (χ4n) is 3.45. The van der Waals surface area contributed by atoms with Crippen LogP contribution in [0, 0.1) is 23.0 Å². The molecule has 0 unspecified atom stereocenters. The van der Waals surface area contributed by atoms with Crippen molar-refractivity contribution in [1.29, 1.82) is 5.26 Å². The molecule has 0 amide bonds. The lowest BCUT2D eigenvalue weighted by Gasteiger charge is -2.12. The minimum atomic E-state index is -4.11. The summed E-state index contributed by atoms with van der Waals surface area (Å²) in [5.41, 5.74) is 0.0614. The number of anilines is 2. The van der Waals surface area contributed by atoms with Gasteiger partial charge in [0.15, 0.2) is 0 Å². The van der Waals surface area contributed by atoms with Gasteiger partial charge in [-0.2, -0.15) is 9.98 Å². The van der Waals surface area contributed by atoms with Crippen LogP contribution < -0.4 is 15.4 Å². The van der Waals surface area contributed by atoms with E-state index in [1.54, 1.807) is 30.3 Å². The molecule has 0 spiro atoms. The van der Waals surface area contributed by atoms with E-state index in [0.29, 0.717) is 17.4 Å². The standard InChI is InChI=1S/C24H16F2N4O4S/c25-16-10-15(11-17(26)13-16)23(32)21(24-29-19-6-1-2-7-20(19)30-24)22(31)14-4-3-5-18(12-14)35(33,34)28-9-8-27/h1-7,10-13,28-30H,9H2. The molecule has 0 radical (unpaired) electrons. The van der Waals surface area contributed by atoms with Gasteiger partial charge in [0, 0.05) is 17.2 Å². The smallest absolute Gasteiger partial charge is 0.241 e. The fourth-order valence-corrected chi connectivity index (χ4v) is 4.41. The first kappa shape index (κ1) is 23.7. The summed E-state index contributed by atoms with van der Waals surface area (Å²) in [6.07, 6.45) is 0. The molecule has 4 rings (SSSR count). The second-order valence-electron chi connectivity index (χ2n) is 7.37. The van der Waals surface area contributed by atoms with Gasteiger partial charge in [-0.3, -0.25) is 9.59 Å². The van der Waals surface area contributed by atoms with Gasteiger partial charge >= 0.3 is 0 Å². The number of para-hydroxylation sites is 2. The van der Waals surface area contributed by atoms with Gasteiger partial charge in [0.05, 0.1) is 28.9 Å². The summed E-state index contributed by atoms with van der Waals surface area (Å²) in [6.45, 7) is -0.481. The number of nitriles is 1. The monoisotopic (exact) mass is 494 g/mol. The van der Waals surface area contributed by atoms with E-state index in [9.17, 15) is 26.8 Å². The lowest BCUT2D eigenvalue weighted by molar-refractivity contribution is 0.0960. The van der Waals surface area contributed by atoms with Gasteiger partial charge in [-0.05, 0) is 36.4 Å². The molecule has 3 N–H and O–H groups in total. The van der Waals surface area contributed by atoms with E-state index >= 15 is 0 Å². The molecule has 1 aliphatic rings. The number of carbonyl (C=O) groups excluding carboxylic acids is 2. The molecule has 8 nitrogen and oxygen atoms in total. The summed E-state index contributed by atoms with van der Waals surface area (Å²) in [4.78, 5) is 26.6. The molecular weight excluding hydrogens is 478 g/mol. The van der Waals surface area contributed by atoms with Crippen LogP contribution in [0.4, 0.5) is 20.2 Å². The third-order valence-corrected chi connectivity index (χ3v) is 6.42. The van der Waals surface area contributed by atoms with E-state index in [2.05, 4.69) is 15.4 Å². The predicted molar refractivity (Wildman–Crippen MR) is 123 cm³/mol. The summed E-state index contributed by atoms with van der Waals surface area (Å²) in [5, 5.41) is 14.5. The maximum Gasteiger partial charge on any atom is 0.241 e. The summed E-state index contributed by atoms with van der Waals surface area (Å²) >= 11 is 0. The molecule has 0 aliphatic carbocycles. The van der Waals surface area contributed by atoms with Crippen molar-refractivity contribution in [2.24, 2.45) is 0 Å². The number of nitrogens with one attached hydrogen (secondary N) is 3. The molecule has 0 fully saturated rings. The maximum atomic E-state index is 13.8. The van der Waals surface area contributed by atoms with E-state index in [1.165, 1.54) is 18.2 Å². The zero-order valence-electron chi connectivity index (χ0n) is 17.8. The Balaban J connectivity index is 1.82. The summed E-state index contributed by atoms with van der Waals surface area (Å²) < 4.78 is 54.5. The van der Waals surface area contributed by atoms with Crippen LogP contribution in [0.15, 0.2) is 83.0 Å². The van der Waals surface area contributed by atoms with E-state index in [1.807, 2.05) is 0 Å². The Morgan fingerprint density at radius 1 is 0.857 bits per heavy atom. The second-order valence-corrected chi connectivity index (χ2v) is 9.14. The number of ketones is 2. The van der Waals surface area contributed by atoms with Gasteiger partial charge in [0.1, 0.15) is 23.0 Å². The van der Waals surface area contributed by atoms with Crippen LogP contribution in [0.25, 0.3) is 0 Å². The molecule has 0 saturated carbocycles. The second kappa shape index (κ2) is 9.46. The van der Waals surface area contributed by atoms with Crippen molar-refractivity contribution in [1.82, 2.24) is 4.72 Å². The van der Waals surface area contributed by atoms with Crippen LogP contribution >= 0.6 is 0 Å². The Labute approximate surface area is 198 Å². The summed E-state index contributed by atoms with van der Waals surface area (Å²) in [6, 6.07) is 15.5. The highest BCUT2D eigenvalue weighted by atomic mass is 32.2. The fraction of sp³-hybridized carbons (Fsp3) is 0.0417. The molecule has 0 bridgehead atoms. The lowest BCUT2D eigenvalue weighted by atomic mass is 9.95. The molecule has 0 aromatic heterocycles. The average Bonchev–Trinajstić information content (AvgIpc) is 3.26. The van der Waals surface area contributed by atoms with Crippen molar-refractivity contribution < 1.29 is 26.8 Å². The number of Topliss-reactive ketones (excluding diaryl/α,β-unsaturated/α-hetero) is 2. The Bertz CT molecular complexity index is 1500. The van der Waals surface area contributed by atoms with Crippen molar-refractivity contribution in [3.63, 3.8) is 0 Å². The molecule has 1 heterocycles. The van der Waals surface area contributed by atoms with Gasteiger partial charge in [0.25, 0.3) is 0 Å². The highest BCUT2D eigenvalue weighted by molar-refractivity contribution is 7.89. The normalized spacial score (nSPS) is 12.2. The topological polar surface area (TPSA) is 128 Å². The zero-order chi connectivity index (χ0) is 25.2. The first-order valence-corrected chi connectivity index (χ1v) is 11.6. The summed E-state index contributed by atoms with van der Waals surface area (Å²) in [7, 11) is -4.11. The molecule has 3 aromatic carbocycles. The van der Waals surface area contributed by atoms with Gasteiger partial charge in [-0.25, -0.2) is 17.2 Å². The van der Waals surface area contributed by atoms with Gasteiger partial charge in [0.2, 0.25) is 21.6 Å². The number of carbonyl (C=O) groups is 2. The minimum Gasteiger partial charge on any atom is -0.339 e. The first-order chi connectivity index (χ1) is 16.7. The van der Waals surface area contributed by atoms with Crippen molar-refractivity contribution >= 4 is 33.0 Å². The maximum absolute atomic E-state index is 13.8. The van der Waals surface area contributed by atoms with E-state index in [4.69, 9.17) is 5.26 Å². The Kier molecular flexibility index (Phi) is 6.42.